The van der Waals surface area contributed by atoms with Gasteiger partial charge in [-0.15, -0.1) is 0 Å². The van der Waals surface area contributed by atoms with Gasteiger partial charge in [0.1, 0.15) is 5.75 Å². The second-order valence-electron chi connectivity index (χ2n) is 7.56. The molecule has 0 fully saturated rings. The molecule has 34 heavy (non-hydrogen) atoms. The summed E-state index contributed by atoms with van der Waals surface area (Å²) in [5.41, 5.74) is 1.83. The molecule has 0 radical (unpaired) electrons. The molecule has 0 aliphatic carbocycles. The van der Waals surface area contributed by atoms with E-state index in [-0.39, 0.29) is 11.8 Å². The van der Waals surface area contributed by atoms with Crippen LogP contribution in [-0.2, 0) is 11.2 Å². The van der Waals surface area contributed by atoms with Crippen molar-refractivity contribution in [2.45, 2.75) is 25.9 Å². The van der Waals surface area contributed by atoms with Crippen LogP contribution in [0.25, 0.3) is 0 Å². The lowest BCUT2D eigenvalue weighted by molar-refractivity contribution is -0.122. The summed E-state index contributed by atoms with van der Waals surface area (Å²) >= 11 is 0. The van der Waals surface area contributed by atoms with Crippen molar-refractivity contribution in [3.8, 4) is 17.2 Å². The van der Waals surface area contributed by atoms with Crippen LogP contribution in [0.3, 0.4) is 0 Å². The number of anilines is 1. The van der Waals surface area contributed by atoms with Gasteiger partial charge in [-0.3, -0.25) is 9.59 Å². The molecule has 0 saturated heterocycles. The highest BCUT2D eigenvalue weighted by Gasteiger charge is 2.21. The minimum Gasteiger partial charge on any atom is -0.493 e. The van der Waals surface area contributed by atoms with Gasteiger partial charge in [0.25, 0.3) is 11.8 Å². The molecular formula is C27H30N2O5. The van der Waals surface area contributed by atoms with E-state index in [1.54, 1.807) is 50.6 Å². The molecular weight excluding hydrogens is 432 g/mol. The first-order valence-corrected chi connectivity index (χ1v) is 11.2. The molecule has 0 aromatic heterocycles. The fraction of sp³-hybridized carbons (Fsp3) is 0.259. The number of nitrogens with one attached hydrogen (secondary N) is 2. The average Bonchev–Trinajstić information content (AvgIpc) is 2.87. The van der Waals surface area contributed by atoms with E-state index < -0.39 is 6.10 Å². The van der Waals surface area contributed by atoms with Gasteiger partial charge < -0.3 is 24.8 Å². The molecule has 7 heteroatoms. The highest BCUT2D eigenvalue weighted by atomic mass is 16.5. The van der Waals surface area contributed by atoms with E-state index in [2.05, 4.69) is 10.6 Å². The van der Waals surface area contributed by atoms with Crippen molar-refractivity contribution in [3.05, 3.63) is 83.9 Å². The van der Waals surface area contributed by atoms with Gasteiger partial charge in [0.2, 0.25) is 0 Å². The largest absolute Gasteiger partial charge is 0.493 e. The second-order valence-corrected chi connectivity index (χ2v) is 7.56. The van der Waals surface area contributed by atoms with Crippen LogP contribution in [0.1, 0.15) is 29.3 Å². The van der Waals surface area contributed by atoms with Crippen LogP contribution in [-0.4, -0.2) is 38.7 Å². The third-order valence-corrected chi connectivity index (χ3v) is 5.26. The van der Waals surface area contributed by atoms with E-state index in [1.165, 1.54) is 0 Å². The number of para-hydroxylation sites is 2. The first kappa shape index (κ1) is 24.6. The zero-order valence-corrected chi connectivity index (χ0v) is 19.7. The van der Waals surface area contributed by atoms with Crippen LogP contribution in [0.15, 0.2) is 72.8 Å². The Bertz CT molecular complexity index is 1100. The maximum Gasteiger partial charge on any atom is 0.265 e. The fourth-order valence-corrected chi connectivity index (χ4v) is 3.44. The van der Waals surface area contributed by atoms with Gasteiger partial charge in [0, 0.05) is 6.54 Å². The summed E-state index contributed by atoms with van der Waals surface area (Å²) in [6.07, 6.45) is 0.424. The second kappa shape index (κ2) is 12.3. The number of methoxy groups -OCH3 is 2. The molecule has 1 atom stereocenters. The molecule has 3 aromatic carbocycles. The lowest BCUT2D eigenvalue weighted by Crippen LogP contribution is -2.33. The predicted octanol–water partition coefficient (Wildman–Crippen LogP) is 4.47. The monoisotopic (exact) mass is 462 g/mol. The van der Waals surface area contributed by atoms with Crippen LogP contribution in [0.2, 0.25) is 0 Å². The summed E-state index contributed by atoms with van der Waals surface area (Å²) in [6, 6.07) is 21.8. The van der Waals surface area contributed by atoms with Crippen molar-refractivity contribution >= 4 is 17.5 Å². The third kappa shape index (κ3) is 6.51. The number of ether oxygens (including phenoxy) is 3. The minimum atomic E-state index is -0.677. The Morgan fingerprint density at radius 3 is 2.29 bits per heavy atom. The molecule has 0 unspecified atom stereocenters. The van der Waals surface area contributed by atoms with Crippen molar-refractivity contribution in [3.63, 3.8) is 0 Å². The minimum absolute atomic E-state index is 0.270. The molecule has 0 saturated carbocycles. The van der Waals surface area contributed by atoms with Gasteiger partial charge in [-0.05, 0) is 54.8 Å². The molecule has 0 aliphatic heterocycles. The Kier molecular flexibility index (Phi) is 8.91. The fourth-order valence-electron chi connectivity index (χ4n) is 3.44. The molecule has 0 aliphatic rings. The standard InChI is InChI=1S/C27H30N2O5/c1-4-23(34-20-10-6-5-7-11-20)27(31)29-22-13-9-8-12-21(22)26(30)28-17-16-19-14-15-24(32-2)25(18-19)33-3/h5-15,18,23H,4,16-17H2,1-3H3,(H,28,30)(H,29,31)/t23-/m1/s1. The number of hydrogen-bond donors (Lipinski definition) is 2. The maximum atomic E-state index is 12.9. The number of amides is 2. The third-order valence-electron chi connectivity index (χ3n) is 5.26. The summed E-state index contributed by atoms with van der Waals surface area (Å²) in [4.78, 5) is 25.7. The number of rotatable bonds is 11. The summed E-state index contributed by atoms with van der Waals surface area (Å²) < 4.78 is 16.4. The zero-order valence-electron chi connectivity index (χ0n) is 19.7. The van der Waals surface area contributed by atoms with Gasteiger partial charge in [-0.2, -0.15) is 0 Å². The summed E-state index contributed by atoms with van der Waals surface area (Å²) in [5, 5.41) is 5.76. The smallest absolute Gasteiger partial charge is 0.265 e. The molecule has 7 nitrogen and oxygen atoms in total. The van der Waals surface area contributed by atoms with Gasteiger partial charge in [-0.25, -0.2) is 0 Å². The van der Waals surface area contributed by atoms with Crippen molar-refractivity contribution in [2.24, 2.45) is 0 Å². The molecule has 0 heterocycles. The van der Waals surface area contributed by atoms with E-state index in [4.69, 9.17) is 14.2 Å². The highest BCUT2D eigenvalue weighted by Crippen LogP contribution is 2.27. The Labute approximate surface area is 200 Å². The van der Waals surface area contributed by atoms with Crippen LogP contribution < -0.4 is 24.8 Å². The number of benzene rings is 3. The summed E-state index contributed by atoms with van der Waals surface area (Å²) in [5.74, 6) is 1.33. The van der Waals surface area contributed by atoms with Crippen LogP contribution in [0.4, 0.5) is 5.69 Å². The lowest BCUT2D eigenvalue weighted by Gasteiger charge is -2.18. The normalized spacial score (nSPS) is 11.3. The highest BCUT2D eigenvalue weighted by molar-refractivity contribution is 6.04. The number of carbonyl (C=O) groups is 2. The SMILES string of the molecule is CC[C@@H](Oc1ccccc1)C(=O)Nc1ccccc1C(=O)NCCc1ccc(OC)c(OC)c1. The number of hydrogen-bond acceptors (Lipinski definition) is 5. The first-order valence-electron chi connectivity index (χ1n) is 11.2. The van der Waals surface area contributed by atoms with Crippen LogP contribution >= 0.6 is 0 Å². The van der Waals surface area contributed by atoms with Gasteiger partial charge in [0.15, 0.2) is 17.6 Å². The number of carbonyl (C=O) groups excluding carboxylic acids is 2. The summed E-state index contributed by atoms with van der Waals surface area (Å²) in [6.45, 7) is 2.30. The van der Waals surface area contributed by atoms with Crippen LogP contribution in [0, 0.1) is 0 Å². The molecule has 0 bridgehead atoms. The Hall–Kier alpha value is -4.00. The van der Waals surface area contributed by atoms with E-state index in [9.17, 15) is 9.59 Å². The molecule has 3 rings (SSSR count). The van der Waals surface area contributed by atoms with Crippen molar-refractivity contribution in [1.82, 2.24) is 5.32 Å². The van der Waals surface area contributed by atoms with Gasteiger partial charge in [-0.1, -0.05) is 43.3 Å². The average molecular weight is 463 g/mol. The maximum absolute atomic E-state index is 12.9. The van der Waals surface area contributed by atoms with Gasteiger partial charge >= 0.3 is 0 Å². The molecule has 178 valence electrons. The Balaban J connectivity index is 1.61. The topological polar surface area (TPSA) is 85.9 Å². The van der Waals surface area contributed by atoms with Crippen LogP contribution in [0.5, 0.6) is 17.2 Å². The zero-order chi connectivity index (χ0) is 24.3. The Morgan fingerprint density at radius 2 is 1.59 bits per heavy atom. The van der Waals surface area contributed by atoms with E-state index in [1.807, 2.05) is 43.3 Å². The van der Waals surface area contributed by atoms with Crippen molar-refractivity contribution in [2.75, 3.05) is 26.1 Å². The molecule has 3 aromatic rings. The first-order chi connectivity index (χ1) is 16.5. The molecule has 2 N–H and O–H groups in total. The Morgan fingerprint density at radius 1 is 0.882 bits per heavy atom. The van der Waals surface area contributed by atoms with E-state index in [0.717, 1.165) is 5.56 Å². The van der Waals surface area contributed by atoms with Crippen molar-refractivity contribution in [1.29, 1.82) is 0 Å². The van der Waals surface area contributed by atoms with E-state index >= 15 is 0 Å². The lowest BCUT2D eigenvalue weighted by atomic mass is 10.1. The molecule has 0 spiro atoms. The predicted molar refractivity (Wildman–Crippen MR) is 132 cm³/mol. The summed E-state index contributed by atoms with van der Waals surface area (Å²) in [7, 11) is 3.17. The van der Waals surface area contributed by atoms with E-state index in [0.29, 0.717) is 47.9 Å². The van der Waals surface area contributed by atoms with Crippen molar-refractivity contribution < 1.29 is 23.8 Å². The quantitative estimate of drug-likeness (QED) is 0.439. The molecule has 2 amide bonds. The van der Waals surface area contributed by atoms with Gasteiger partial charge in [0.05, 0.1) is 25.5 Å².